The quantitative estimate of drug-likeness (QED) is 0.380. The number of nitrogens with zero attached hydrogens (tertiary/aromatic N) is 1. The lowest BCUT2D eigenvalue weighted by molar-refractivity contribution is -0.916. The Morgan fingerprint density at radius 2 is 1.14 bits per heavy atom. The summed E-state index contributed by atoms with van der Waals surface area (Å²) in [7, 11) is 4.95. The van der Waals surface area contributed by atoms with Gasteiger partial charge in [0.15, 0.2) is 0 Å². The van der Waals surface area contributed by atoms with Crippen LogP contribution in [0.5, 0.6) is 0 Å². The molecule has 0 aromatic rings. The number of rotatable bonds is 12. The van der Waals surface area contributed by atoms with Gasteiger partial charge in [0.25, 0.3) is 0 Å². The standard InChI is InChI=1S/C20H42N.ClH/c1-4-5-6-7-8-9-10-11-12-16-19-21(2,3)20-17-14-13-15-18-20;/h20H,4-19H2,1-3H3;1H/q+1;/p-1. The van der Waals surface area contributed by atoms with Crippen molar-refractivity contribution in [2.24, 2.45) is 0 Å². The van der Waals surface area contributed by atoms with Crippen molar-refractivity contribution in [3.05, 3.63) is 0 Å². The summed E-state index contributed by atoms with van der Waals surface area (Å²) < 4.78 is 1.29. The van der Waals surface area contributed by atoms with Gasteiger partial charge in [0, 0.05) is 0 Å². The molecular formula is C20H42ClN. The first kappa shape index (κ1) is 22.2. The first-order chi connectivity index (χ1) is 10.2. The van der Waals surface area contributed by atoms with Crippen LogP contribution in [0.2, 0.25) is 0 Å². The monoisotopic (exact) mass is 331 g/mol. The summed E-state index contributed by atoms with van der Waals surface area (Å²) in [5.41, 5.74) is 0. The van der Waals surface area contributed by atoms with E-state index in [1.165, 1.54) is 107 Å². The van der Waals surface area contributed by atoms with E-state index in [1.807, 2.05) is 0 Å². The molecular weight excluding hydrogens is 290 g/mol. The second kappa shape index (κ2) is 13.7. The van der Waals surface area contributed by atoms with Crippen LogP contribution in [0, 0.1) is 0 Å². The molecule has 1 aliphatic rings. The minimum atomic E-state index is 0. The fraction of sp³-hybridized carbons (Fsp3) is 1.00. The number of unbranched alkanes of at least 4 members (excludes halogenated alkanes) is 9. The van der Waals surface area contributed by atoms with Crippen LogP contribution in [-0.2, 0) is 0 Å². The topological polar surface area (TPSA) is 0 Å². The fourth-order valence-electron chi connectivity index (χ4n) is 3.97. The lowest BCUT2D eigenvalue weighted by atomic mass is 9.93. The van der Waals surface area contributed by atoms with Gasteiger partial charge in [0.05, 0.1) is 26.7 Å². The maximum atomic E-state index is 2.48. The van der Waals surface area contributed by atoms with E-state index in [2.05, 4.69) is 21.0 Å². The largest absolute Gasteiger partial charge is 1.00 e. The van der Waals surface area contributed by atoms with Gasteiger partial charge >= 0.3 is 0 Å². The molecule has 0 N–H and O–H groups in total. The van der Waals surface area contributed by atoms with Gasteiger partial charge in [-0.3, -0.25) is 0 Å². The molecule has 0 heterocycles. The lowest BCUT2D eigenvalue weighted by Gasteiger charge is -2.40. The van der Waals surface area contributed by atoms with E-state index in [0.717, 1.165) is 6.04 Å². The SMILES string of the molecule is CCCCCCCCCCCC[N+](C)(C)C1CCCCC1.[Cl-]. The third-order valence-electron chi connectivity index (χ3n) is 5.65. The third kappa shape index (κ3) is 10.1. The van der Waals surface area contributed by atoms with Gasteiger partial charge in [-0.15, -0.1) is 0 Å². The predicted octanol–water partition coefficient (Wildman–Crippen LogP) is 3.32. The molecule has 0 bridgehead atoms. The molecule has 2 heteroatoms. The molecule has 0 radical (unpaired) electrons. The van der Waals surface area contributed by atoms with E-state index >= 15 is 0 Å². The molecule has 0 aliphatic heterocycles. The average molecular weight is 332 g/mol. The molecule has 0 aromatic carbocycles. The van der Waals surface area contributed by atoms with Crippen molar-refractivity contribution in [3.63, 3.8) is 0 Å². The van der Waals surface area contributed by atoms with Crippen LogP contribution in [0.3, 0.4) is 0 Å². The maximum absolute atomic E-state index is 2.48. The molecule has 1 saturated carbocycles. The highest BCUT2D eigenvalue weighted by molar-refractivity contribution is 4.65. The van der Waals surface area contributed by atoms with Gasteiger partial charge in [0.2, 0.25) is 0 Å². The van der Waals surface area contributed by atoms with Crippen molar-refractivity contribution >= 4 is 0 Å². The maximum Gasteiger partial charge on any atom is 0.0886 e. The van der Waals surface area contributed by atoms with E-state index in [1.54, 1.807) is 0 Å². The van der Waals surface area contributed by atoms with E-state index in [0.29, 0.717) is 0 Å². The highest BCUT2D eigenvalue weighted by Crippen LogP contribution is 2.26. The summed E-state index contributed by atoms with van der Waals surface area (Å²) in [4.78, 5) is 0. The predicted molar refractivity (Wildman–Crippen MR) is 95.7 cm³/mol. The van der Waals surface area contributed by atoms with Gasteiger partial charge in [-0.25, -0.2) is 0 Å². The van der Waals surface area contributed by atoms with Crippen LogP contribution in [0.25, 0.3) is 0 Å². The molecule has 0 unspecified atom stereocenters. The Morgan fingerprint density at radius 1 is 0.682 bits per heavy atom. The molecule has 1 aliphatic carbocycles. The molecule has 1 nitrogen and oxygen atoms in total. The van der Waals surface area contributed by atoms with Crippen molar-refractivity contribution in [2.75, 3.05) is 20.6 Å². The Kier molecular flexibility index (Phi) is 13.8. The van der Waals surface area contributed by atoms with Crippen LogP contribution < -0.4 is 12.4 Å². The fourth-order valence-corrected chi connectivity index (χ4v) is 3.97. The molecule has 22 heavy (non-hydrogen) atoms. The summed E-state index contributed by atoms with van der Waals surface area (Å²) >= 11 is 0. The van der Waals surface area contributed by atoms with Gasteiger partial charge in [-0.2, -0.15) is 0 Å². The van der Waals surface area contributed by atoms with Gasteiger partial charge in [0.1, 0.15) is 0 Å². The zero-order chi connectivity index (χ0) is 15.4. The van der Waals surface area contributed by atoms with Crippen LogP contribution in [0.1, 0.15) is 103 Å². The summed E-state index contributed by atoms with van der Waals surface area (Å²) in [6.45, 7) is 3.70. The van der Waals surface area contributed by atoms with Gasteiger partial charge in [-0.1, -0.05) is 64.7 Å². The van der Waals surface area contributed by atoms with Gasteiger partial charge < -0.3 is 16.9 Å². The summed E-state index contributed by atoms with van der Waals surface area (Å²) in [5, 5.41) is 0. The lowest BCUT2D eigenvalue weighted by Crippen LogP contribution is -3.00. The molecule has 0 amide bonds. The molecule has 134 valence electrons. The van der Waals surface area contributed by atoms with Crippen LogP contribution in [0.15, 0.2) is 0 Å². The van der Waals surface area contributed by atoms with E-state index in [-0.39, 0.29) is 12.4 Å². The molecule has 1 rings (SSSR count). The molecule has 0 spiro atoms. The van der Waals surface area contributed by atoms with Crippen molar-refractivity contribution < 1.29 is 16.9 Å². The normalized spacial score (nSPS) is 16.5. The molecule has 1 fully saturated rings. The highest BCUT2D eigenvalue weighted by atomic mass is 35.5. The van der Waals surface area contributed by atoms with Crippen molar-refractivity contribution in [3.8, 4) is 0 Å². The van der Waals surface area contributed by atoms with Crippen LogP contribution >= 0.6 is 0 Å². The Labute approximate surface area is 147 Å². The van der Waals surface area contributed by atoms with E-state index in [9.17, 15) is 0 Å². The smallest absolute Gasteiger partial charge is 0.0886 e. The van der Waals surface area contributed by atoms with Crippen molar-refractivity contribution in [2.45, 2.75) is 109 Å². The summed E-state index contributed by atoms with van der Waals surface area (Å²) in [6.07, 6.45) is 21.9. The number of halogens is 1. The molecule has 0 saturated heterocycles. The second-order valence-corrected chi connectivity index (χ2v) is 7.98. The Bertz CT molecular complexity index is 234. The van der Waals surface area contributed by atoms with Gasteiger partial charge in [-0.05, 0) is 38.5 Å². The number of hydrogen-bond donors (Lipinski definition) is 0. The number of hydrogen-bond acceptors (Lipinski definition) is 0. The van der Waals surface area contributed by atoms with Crippen molar-refractivity contribution in [1.29, 1.82) is 0 Å². The first-order valence-corrected chi connectivity index (χ1v) is 9.99. The first-order valence-electron chi connectivity index (χ1n) is 9.99. The third-order valence-corrected chi connectivity index (χ3v) is 5.65. The zero-order valence-electron chi connectivity index (χ0n) is 15.7. The molecule has 0 aromatic heterocycles. The minimum absolute atomic E-state index is 0. The van der Waals surface area contributed by atoms with Crippen LogP contribution in [-0.4, -0.2) is 31.2 Å². The minimum Gasteiger partial charge on any atom is -1.00 e. The Balaban J connectivity index is 0.00000441. The summed E-state index contributed by atoms with van der Waals surface area (Å²) in [6, 6.07) is 0.956. The zero-order valence-corrected chi connectivity index (χ0v) is 16.5. The number of quaternary nitrogens is 1. The Morgan fingerprint density at radius 3 is 1.64 bits per heavy atom. The molecule has 0 atom stereocenters. The summed E-state index contributed by atoms with van der Waals surface area (Å²) in [5.74, 6) is 0. The van der Waals surface area contributed by atoms with Crippen LogP contribution in [0.4, 0.5) is 0 Å². The van der Waals surface area contributed by atoms with E-state index in [4.69, 9.17) is 0 Å². The highest BCUT2D eigenvalue weighted by Gasteiger charge is 2.28. The second-order valence-electron chi connectivity index (χ2n) is 7.98. The Hall–Kier alpha value is 0.250. The average Bonchev–Trinajstić information content (AvgIpc) is 2.50. The van der Waals surface area contributed by atoms with Crippen molar-refractivity contribution in [1.82, 2.24) is 0 Å². The van der Waals surface area contributed by atoms with E-state index < -0.39 is 0 Å².